The zero-order valence-corrected chi connectivity index (χ0v) is 13.6. The summed E-state index contributed by atoms with van der Waals surface area (Å²) in [4.78, 5) is 27.3. The zero-order chi connectivity index (χ0) is 16.5. The molecule has 4 rings (SSSR count). The van der Waals surface area contributed by atoms with Gasteiger partial charge in [-0.3, -0.25) is 4.79 Å². The van der Waals surface area contributed by atoms with Crippen LogP contribution in [0.3, 0.4) is 0 Å². The van der Waals surface area contributed by atoms with Gasteiger partial charge in [-0.15, -0.1) is 0 Å². The van der Waals surface area contributed by atoms with Gasteiger partial charge in [0.25, 0.3) is 5.91 Å². The summed E-state index contributed by atoms with van der Waals surface area (Å²) in [7, 11) is 0. The van der Waals surface area contributed by atoms with Gasteiger partial charge < -0.3 is 9.30 Å². The Morgan fingerprint density at radius 1 is 1.29 bits per heavy atom. The van der Waals surface area contributed by atoms with Crippen molar-refractivity contribution in [2.75, 3.05) is 13.1 Å². The Hall–Kier alpha value is -2.76. The molecular weight excluding hydrogens is 302 g/mol. The van der Waals surface area contributed by atoms with E-state index < -0.39 is 0 Å². The summed E-state index contributed by atoms with van der Waals surface area (Å²) < 4.78 is 2.12. The monoisotopic (exact) mass is 321 g/mol. The highest BCUT2D eigenvalue weighted by Gasteiger charge is 2.27. The molecule has 1 aliphatic rings. The van der Waals surface area contributed by atoms with Crippen LogP contribution in [0.1, 0.15) is 40.5 Å². The molecule has 1 atom stereocenters. The molecule has 0 saturated carbocycles. The topological polar surface area (TPSA) is 63.4 Å². The number of nitrogens with zero attached hydrogens (tertiary/aromatic N) is 5. The van der Waals surface area contributed by atoms with Crippen molar-refractivity contribution in [1.82, 2.24) is 24.3 Å². The van der Waals surface area contributed by atoms with Gasteiger partial charge in [-0.1, -0.05) is 6.07 Å². The van der Waals surface area contributed by atoms with Crippen LogP contribution in [0.15, 0.2) is 43.1 Å². The molecule has 3 aromatic heterocycles. The van der Waals surface area contributed by atoms with E-state index in [4.69, 9.17) is 0 Å². The van der Waals surface area contributed by atoms with Gasteiger partial charge in [0.1, 0.15) is 12.0 Å². The predicted octanol–water partition coefficient (Wildman–Crippen LogP) is 2.45. The van der Waals surface area contributed by atoms with Crippen LogP contribution in [0.4, 0.5) is 0 Å². The number of aryl methyl sites for hydroxylation is 1. The quantitative estimate of drug-likeness (QED) is 0.727. The summed E-state index contributed by atoms with van der Waals surface area (Å²) in [6, 6.07) is 6.16. The van der Waals surface area contributed by atoms with Crippen molar-refractivity contribution in [3.63, 3.8) is 0 Å². The highest BCUT2D eigenvalue weighted by Crippen LogP contribution is 2.28. The Labute approximate surface area is 140 Å². The van der Waals surface area contributed by atoms with Crippen LogP contribution in [0.2, 0.25) is 0 Å². The van der Waals surface area contributed by atoms with Crippen LogP contribution < -0.4 is 0 Å². The minimum absolute atomic E-state index is 0.0237. The van der Waals surface area contributed by atoms with Gasteiger partial charge in [-0.2, -0.15) is 0 Å². The maximum absolute atomic E-state index is 12.8. The molecule has 24 heavy (non-hydrogen) atoms. The fourth-order valence-corrected chi connectivity index (χ4v) is 3.48. The van der Waals surface area contributed by atoms with Crippen molar-refractivity contribution in [2.45, 2.75) is 25.7 Å². The smallest absolute Gasteiger partial charge is 0.257 e. The van der Waals surface area contributed by atoms with E-state index in [2.05, 4.69) is 25.4 Å². The minimum Gasteiger partial charge on any atom is -0.338 e. The lowest BCUT2D eigenvalue weighted by Crippen LogP contribution is -2.39. The van der Waals surface area contributed by atoms with E-state index in [1.165, 1.54) is 12.0 Å². The van der Waals surface area contributed by atoms with Crippen LogP contribution in [0, 0.1) is 6.92 Å². The van der Waals surface area contributed by atoms with Crippen molar-refractivity contribution in [2.24, 2.45) is 0 Å². The fraction of sp³-hybridized carbons (Fsp3) is 0.333. The zero-order valence-electron chi connectivity index (χ0n) is 13.6. The maximum atomic E-state index is 12.8. The third-order valence-corrected chi connectivity index (χ3v) is 4.73. The van der Waals surface area contributed by atoms with Crippen LogP contribution in [-0.2, 0) is 0 Å². The van der Waals surface area contributed by atoms with Crippen molar-refractivity contribution in [1.29, 1.82) is 0 Å². The van der Waals surface area contributed by atoms with E-state index in [1.54, 1.807) is 6.20 Å². The maximum Gasteiger partial charge on any atom is 0.257 e. The van der Waals surface area contributed by atoms with E-state index in [0.717, 1.165) is 30.7 Å². The van der Waals surface area contributed by atoms with Gasteiger partial charge in [0.05, 0.1) is 11.3 Å². The van der Waals surface area contributed by atoms with Crippen LogP contribution in [0.25, 0.3) is 5.65 Å². The second-order valence-electron chi connectivity index (χ2n) is 6.22. The second kappa shape index (κ2) is 6.03. The van der Waals surface area contributed by atoms with E-state index in [9.17, 15) is 4.79 Å². The number of amides is 1. The molecular formula is C18H19N5O. The molecule has 0 N–H and O–H groups in total. The van der Waals surface area contributed by atoms with Crippen molar-refractivity contribution < 1.29 is 4.79 Å². The lowest BCUT2D eigenvalue weighted by Gasteiger charge is -2.33. The van der Waals surface area contributed by atoms with Gasteiger partial charge in [-0.25, -0.2) is 15.0 Å². The summed E-state index contributed by atoms with van der Waals surface area (Å²) in [6.07, 6.45) is 8.96. The fourth-order valence-electron chi connectivity index (χ4n) is 3.48. The number of imidazole rings is 1. The van der Waals surface area contributed by atoms with Crippen molar-refractivity contribution >= 4 is 11.6 Å². The lowest BCUT2D eigenvalue weighted by atomic mass is 9.93. The number of fused-ring (bicyclic) bond motifs is 1. The first-order chi connectivity index (χ1) is 11.7. The number of aromatic nitrogens is 4. The van der Waals surface area contributed by atoms with E-state index in [-0.39, 0.29) is 5.91 Å². The van der Waals surface area contributed by atoms with E-state index in [0.29, 0.717) is 18.0 Å². The summed E-state index contributed by atoms with van der Waals surface area (Å²) >= 11 is 0. The summed E-state index contributed by atoms with van der Waals surface area (Å²) in [5, 5.41) is 0. The Kier molecular flexibility index (Phi) is 3.72. The first-order valence-corrected chi connectivity index (χ1v) is 8.22. The van der Waals surface area contributed by atoms with Crippen molar-refractivity contribution in [3.05, 3.63) is 60.1 Å². The standard InChI is InChI=1S/C18H19N5O/c1-13-15(10-19-12-21-13)18(24)22-8-3-4-14(11-22)16-5-2-6-17-20-7-9-23(16)17/h2,5-7,9-10,12,14H,3-4,8,11H2,1H3/t14-/m0/s1. The van der Waals surface area contributed by atoms with Gasteiger partial charge in [0.15, 0.2) is 0 Å². The van der Waals surface area contributed by atoms with Gasteiger partial charge >= 0.3 is 0 Å². The first kappa shape index (κ1) is 14.8. The summed E-state index contributed by atoms with van der Waals surface area (Å²) in [5.74, 6) is 0.334. The normalized spacial score (nSPS) is 18.0. The van der Waals surface area contributed by atoms with E-state index in [1.807, 2.05) is 36.4 Å². The summed E-state index contributed by atoms with van der Waals surface area (Å²) in [5.41, 5.74) is 3.49. The number of rotatable bonds is 2. The third-order valence-electron chi connectivity index (χ3n) is 4.73. The molecule has 0 unspecified atom stereocenters. The molecule has 6 heteroatoms. The molecule has 1 aliphatic heterocycles. The average Bonchev–Trinajstić information content (AvgIpc) is 3.10. The third kappa shape index (κ3) is 2.54. The molecule has 1 amide bonds. The average molecular weight is 321 g/mol. The lowest BCUT2D eigenvalue weighted by molar-refractivity contribution is 0.0704. The second-order valence-corrected chi connectivity index (χ2v) is 6.22. The Bertz CT molecular complexity index is 888. The number of pyridine rings is 1. The van der Waals surface area contributed by atoms with Crippen LogP contribution in [0.5, 0.6) is 0 Å². The molecule has 0 radical (unpaired) electrons. The molecule has 1 saturated heterocycles. The van der Waals surface area contributed by atoms with Gasteiger partial charge in [-0.05, 0) is 31.9 Å². The molecule has 3 aromatic rings. The Morgan fingerprint density at radius 2 is 2.21 bits per heavy atom. The molecule has 1 fully saturated rings. The Morgan fingerprint density at radius 3 is 3.08 bits per heavy atom. The highest BCUT2D eigenvalue weighted by atomic mass is 16.2. The molecule has 122 valence electrons. The number of piperidine rings is 1. The first-order valence-electron chi connectivity index (χ1n) is 8.22. The molecule has 6 nitrogen and oxygen atoms in total. The number of likely N-dealkylation sites (tertiary alicyclic amines) is 1. The number of carbonyl (C=O) groups excluding carboxylic acids is 1. The largest absolute Gasteiger partial charge is 0.338 e. The van der Waals surface area contributed by atoms with Crippen LogP contribution >= 0.6 is 0 Å². The number of carbonyl (C=O) groups is 1. The van der Waals surface area contributed by atoms with Gasteiger partial charge in [0.2, 0.25) is 0 Å². The molecule has 4 heterocycles. The number of hydrogen-bond donors (Lipinski definition) is 0. The predicted molar refractivity (Wildman–Crippen MR) is 89.8 cm³/mol. The molecule has 0 spiro atoms. The SMILES string of the molecule is Cc1ncncc1C(=O)N1CCC[C@H](c2cccc3nccn23)C1. The minimum atomic E-state index is 0.0237. The highest BCUT2D eigenvalue weighted by molar-refractivity contribution is 5.95. The van der Waals surface area contributed by atoms with Gasteiger partial charge in [0, 0.05) is 43.3 Å². The molecule has 0 bridgehead atoms. The molecule has 0 aromatic carbocycles. The number of hydrogen-bond acceptors (Lipinski definition) is 4. The van der Waals surface area contributed by atoms with E-state index >= 15 is 0 Å². The van der Waals surface area contributed by atoms with Crippen molar-refractivity contribution in [3.8, 4) is 0 Å². The summed E-state index contributed by atoms with van der Waals surface area (Å²) in [6.45, 7) is 3.34. The molecule has 0 aliphatic carbocycles. The van der Waals surface area contributed by atoms with Crippen LogP contribution in [-0.4, -0.2) is 43.2 Å². The Balaban J connectivity index is 1.61.